The van der Waals surface area contributed by atoms with Gasteiger partial charge in [0.2, 0.25) is 5.91 Å². The van der Waals surface area contributed by atoms with Crippen LogP contribution in [0.3, 0.4) is 0 Å². The second-order valence-corrected chi connectivity index (χ2v) is 9.77. The van der Waals surface area contributed by atoms with Crippen LogP contribution in [0.4, 0.5) is 10.2 Å². The van der Waals surface area contributed by atoms with E-state index >= 15 is 0 Å². The molecule has 4 rings (SSSR count). The molecule has 6 nitrogen and oxygen atoms in total. The summed E-state index contributed by atoms with van der Waals surface area (Å²) in [5.74, 6) is 0.669. The molecule has 1 N–H and O–H groups in total. The maximum absolute atomic E-state index is 14.0. The van der Waals surface area contributed by atoms with Crippen LogP contribution in [-0.2, 0) is 10.5 Å². The fourth-order valence-electron chi connectivity index (χ4n) is 4.23. The molecule has 1 aromatic heterocycles. The van der Waals surface area contributed by atoms with Crippen molar-refractivity contribution < 1.29 is 9.18 Å². The van der Waals surface area contributed by atoms with E-state index in [1.165, 1.54) is 17.7 Å². The number of hydrogen-bond donors (Lipinski definition) is 1. The van der Waals surface area contributed by atoms with Gasteiger partial charge in [0.15, 0.2) is 0 Å². The second-order valence-electron chi connectivity index (χ2n) is 8.03. The average molecular weight is 462 g/mol. The molecule has 0 aliphatic carbocycles. The van der Waals surface area contributed by atoms with Crippen molar-refractivity contribution in [2.45, 2.75) is 37.2 Å². The molecule has 1 amide bonds. The summed E-state index contributed by atoms with van der Waals surface area (Å²) in [7, 11) is 0. The number of rotatable bonds is 5. The van der Waals surface area contributed by atoms with Crippen molar-refractivity contribution in [1.29, 1.82) is 5.41 Å². The van der Waals surface area contributed by atoms with Crippen LogP contribution < -0.4 is 4.90 Å². The van der Waals surface area contributed by atoms with Gasteiger partial charge in [-0.15, -0.1) is 11.8 Å². The summed E-state index contributed by atoms with van der Waals surface area (Å²) in [4.78, 5) is 26.4. The lowest BCUT2D eigenvalue weighted by Gasteiger charge is -2.38. The van der Waals surface area contributed by atoms with Crippen molar-refractivity contribution >= 4 is 40.8 Å². The average Bonchev–Trinajstić information content (AvgIpc) is 3.15. The van der Waals surface area contributed by atoms with Gasteiger partial charge in [0.05, 0.1) is 16.6 Å². The number of fused-ring (bicyclic) bond motifs is 1. The molecule has 164 valence electrons. The molecule has 1 aromatic carbocycles. The van der Waals surface area contributed by atoms with Gasteiger partial charge < -0.3 is 15.2 Å². The molecule has 2 aliphatic rings. The van der Waals surface area contributed by atoms with E-state index in [4.69, 9.17) is 17.0 Å². The highest BCUT2D eigenvalue weighted by Crippen LogP contribution is 2.44. The Bertz CT molecular complexity index is 1010. The molecule has 2 aliphatic heterocycles. The predicted molar refractivity (Wildman–Crippen MR) is 123 cm³/mol. The summed E-state index contributed by atoms with van der Waals surface area (Å²) in [6, 6.07) is 4.46. The fraction of sp³-hybridized carbons (Fsp3) is 0.455. The van der Waals surface area contributed by atoms with E-state index in [0.717, 1.165) is 17.3 Å². The molecule has 0 spiro atoms. The normalized spacial score (nSPS) is 19.3. The van der Waals surface area contributed by atoms with Gasteiger partial charge in [-0.1, -0.05) is 17.7 Å². The van der Waals surface area contributed by atoms with Crippen LogP contribution in [0.2, 0.25) is 5.02 Å². The monoisotopic (exact) mass is 461 g/mol. The molecular formula is C22H25ClFN5OS. The van der Waals surface area contributed by atoms with Gasteiger partial charge >= 0.3 is 0 Å². The molecule has 1 fully saturated rings. The molecule has 0 saturated carbocycles. The number of aromatic nitrogens is 2. The van der Waals surface area contributed by atoms with Crippen LogP contribution in [-0.4, -0.2) is 52.7 Å². The quantitative estimate of drug-likeness (QED) is 0.666. The van der Waals surface area contributed by atoms with Gasteiger partial charge in [0, 0.05) is 54.9 Å². The lowest BCUT2D eigenvalue weighted by Crippen LogP contribution is -2.50. The van der Waals surface area contributed by atoms with E-state index in [1.807, 2.05) is 16.7 Å². The summed E-state index contributed by atoms with van der Waals surface area (Å²) in [6.45, 7) is 6.32. The van der Waals surface area contributed by atoms with Crippen molar-refractivity contribution in [3.63, 3.8) is 0 Å². The van der Waals surface area contributed by atoms with Gasteiger partial charge in [-0.3, -0.25) is 4.79 Å². The molecule has 31 heavy (non-hydrogen) atoms. The third-order valence-electron chi connectivity index (χ3n) is 5.87. The Morgan fingerprint density at radius 3 is 2.74 bits per heavy atom. The van der Waals surface area contributed by atoms with Gasteiger partial charge in [0.1, 0.15) is 18.0 Å². The highest BCUT2D eigenvalue weighted by Gasteiger charge is 2.32. The number of carbonyl (C=O) groups is 1. The Balaban J connectivity index is 1.49. The molecule has 2 atom stereocenters. The van der Waals surface area contributed by atoms with E-state index < -0.39 is 11.7 Å². The van der Waals surface area contributed by atoms with Gasteiger partial charge in [-0.05, 0) is 31.5 Å². The fourth-order valence-corrected chi connectivity index (χ4v) is 5.40. The first-order valence-corrected chi connectivity index (χ1v) is 11.8. The van der Waals surface area contributed by atoms with E-state index in [9.17, 15) is 9.18 Å². The molecule has 2 aromatic rings. The first-order chi connectivity index (χ1) is 14.8. The number of hydrogen-bond acceptors (Lipinski definition) is 6. The lowest BCUT2D eigenvalue weighted by atomic mass is 9.92. The molecule has 1 unspecified atom stereocenters. The van der Waals surface area contributed by atoms with E-state index in [0.29, 0.717) is 42.7 Å². The molecule has 1 saturated heterocycles. The summed E-state index contributed by atoms with van der Waals surface area (Å²) in [6.07, 6.45) is 1.89. The number of nitrogens with one attached hydrogen (secondary N) is 1. The van der Waals surface area contributed by atoms with Crippen LogP contribution in [0, 0.1) is 11.2 Å². The number of nitrogens with zero attached hydrogens (tertiary/aromatic N) is 4. The highest BCUT2D eigenvalue weighted by atomic mass is 35.5. The molecular weight excluding hydrogens is 437 g/mol. The van der Waals surface area contributed by atoms with Crippen molar-refractivity contribution in [2.24, 2.45) is 0 Å². The number of halogens is 2. The van der Waals surface area contributed by atoms with Crippen LogP contribution in [0.1, 0.15) is 48.3 Å². The molecule has 3 heterocycles. The lowest BCUT2D eigenvalue weighted by molar-refractivity contribution is -0.133. The number of anilines is 1. The highest BCUT2D eigenvalue weighted by molar-refractivity contribution is 7.99. The maximum Gasteiger partial charge on any atom is 0.230 e. The number of piperazine rings is 1. The summed E-state index contributed by atoms with van der Waals surface area (Å²) >= 11 is 7.68. The van der Waals surface area contributed by atoms with Crippen LogP contribution >= 0.6 is 23.4 Å². The van der Waals surface area contributed by atoms with E-state index in [2.05, 4.69) is 21.8 Å². The van der Waals surface area contributed by atoms with Gasteiger partial charge in [-0.2, -0.15) is 0 Å². The Labute approximate surface area is 190 Å². The van der Waals surface area contributed by atoms with Gasteiger partial charge in [-0.25, -0.2) is 14.4 Å². The Morgan fingerprint density at radius 1 is 1.32 bits per heavy atom. The van der Waals surface area contributed by atoms with Crippen molar-refractivity contribution in [1.82, 2.24) is 14.9 Å². The minimum Gasteiger partial charge on any atom is -0.353 e. The molecule has 0 radical (unpaired) electrons. The topological polar surface area (TPSA) is 73.2 Å². The Hall–Kier alpha value is -2.19. The Kier molecular flexibility index (Phi) is 6.48. The number of amides is 1. The van der Waals surface area contributed by atoms with E-state index in [1.54, 1.807) is 19.3 Å². The minimum absolute atomic E-state index is 0.0277. The molecule has 0 bridgehead atoms. The Morgan fingerprint density at radius 2 is 2.06 bits per heavy atom. The second kappa shape index (κ2) is 9.12. The van der Waals surface area contributed by atoms with Crippen LogP contribution in [0.25, 0.3) is 0 Å². The maximum atomic E-state index is 14.0. The van der Waals surface area contributed by atoms with Crippen molar-refractivity contribution in [3.05, 3.63) is 52.2 Å². The first-order valence-electron chi connectivity index (χ1n) is 10.3. The standard InChI is InChI=1S/C22H25ClFN5OS/c1-13(25)9-16(15-3-4-17(23)18(24)10-15)22(30)29-7-5-28(6-8-29)21-20-14(2)31-11-19(20)26-12-27-21/h3-4,10,12,14,16,25H,5-9,11H2,1-2H3/t14-,16?/m1/s1. The zero-order valence-electron chi connectivity index (χ0n) is 17.6. The summed E-state index contributed by atoms with van der Waals surface area (Å²) in [5.41, 5.74) is 3.25. The SMILES string of the molecule is CC(=N)CC(C(=O)N1CCN(c2ncnc3c2[C@@H](C)SC3)CC1)c1ccc(Cl)c(F)c1. The summed E-state index contributed by atoms with van der Waals surface area (Å²) in [5, 5.41) is 8.29. The number of benzene rings is 1. The third kappa shape index (κ3) is 4.55. The zero-order chi connectivity index (χ0) is 22.1. The van der Waals surface area contributed by atoms with Crippen molar-refractivity contribution in [2.75, 3.05) is 31.1 Å². The zero-order valence-corrected chi connectivity index (χ0v) is 19.1. The summed E-state index contributed by atoms with van der Waals surface area (Å²) < 4.78 is 14.0. The third-order valence-corrected chi connectivity index (χ3v) is 7.35. The largest absolute Gasteiger partial charge is 0.353 e. The minimum atomic E-state index is -0.587. The molecule has 9 heteroatoms. The smallest absolute Gasteiger partial charge is 0.230 e. The van der Waals surface area contributed by atoms with Gasteiger partial charge in [0.25, 0.3) is 0 Å². The van der Waals surface area contributed by atoms with Crippen LogP contribution in [0.15, 0.2) is 24.5 Å². The number of carbonyl (C=O) groups excluding carboxylic acids is 1. The van der Waals surface area contributed by atoms with Crippen molar-refractivity contribution in [3.8, 4) is 0 Å². The first kappa shape index (κ1) is 22.0. The van der Waals surface area contributed by atoms with E-state index in [-0.39, 0.29) is 17.4 Å². The predicted octanol–water partition coefficient (Wildman–Crippen LogP) is 4.44. The van der Waals surface area contributed by atoms with Crippen LogP contribution in [0.5, 0.6) is 0 Å². The number of thioether (sulfide) groups is 1.